The number of amides is 1. The van der Waals surface area contributed by atoms with Crippen molar-refractivity contribution in [3.8, 4) is 5.75 Å². The summed E-state index contributed by atoms with van der Waals surface area (Å²) in [5.41, 5.74) is 1.13. The fraction of sp³-hybridized carbons (Fsp3) is 0.231. The average molecular weight is 285 g/mol. The molecule has 0 bridgehead atoms. The summed E-state index contributed by atoms with van der Waals surface area (Å²) in [6.07, 6.45) is -3.32. The van der Waals surface area contributed by atoms with E-state index in [2.05, 4.69) is 4.74 Å². The lowest BCUT2D eigenvalue weighted by Crippen LogP contribution is -2.33. The fourth-order valence-electron chi connectivity index (χ4n) is 1.83. The second kappa shape index (κ2) is 4.99. The van der Waals surface area contributed by atoms with Crippen LogP contribution in [0, 0.1) is 0 Å². The van der Waals surface area contributed by atoms with E-state index in [1.807, 2.05) is 0 Å². The predicted octanol–water partition coefficient (Wildman–Crippen LogP) is 2.36. The second-order valence-electron chi connectivity index (χ2n) is 4.24. The van der Waals surface area contributed by atoms with E-state index in [-0.39, 0.29) is 12.2 Å². The van der Waals surface area contributed by atoms with Crippen LogP contribution in [0.1, 0.15) is 12.0 Å². The van der Waals surface area contributed by atoms with E-state index >= 15 is 0 Å². The maximum Gasteiger partial charge on any atom is 0.573 e. The zero-order valence-corrected chi connectivity index (χ0v) is 10.4. The van der Waals surface area contributed by atoms with Gasteiger partial charge in [0.25, 0.3) is 5.91 Å². The van der Waals surface area contributed by atoms with E-state index in [1.54, 1.807) is 0 Å². The minimum Gasteiger partial charge on any atom is -0.406 e. The summed E-state index contributed by atoms with van der Waals surface area (Å²) in [7, 11) is 1.44. The minimum atomic E-state index is -4.74. The quantitative estimate of drug-likeness (QED) is 0.784. The third-order valence-electron chi connectivity index (χ3n) is 2.72. The number of ketones is 1. The largest absolute Gasteiger partial charge is 0.573 e. The Balaban J connectivity index is 2.21. The van der Waals surface area contributed by atoms with Gasteiger partial charge < -0.3 is 9.64 Å². The first-order chi connectivity index (χ1) is 9.26. The molecule has 1 aliphatic heterocycles. The van der Waals surface area contributed by atoms with Gasteiger partial charge in [0.15, 0.2) is 0 Å². The van der Waals surface area contributed by atoms with Crippen LogP contribution in [0.15, 0.2) is 30.5 Å². The standard InChI is InChI=1S/C13H10F3NO3/c1-17-7-9(6-11(18)12(17)19)8-2-4-10(5-3-8)20-13(14,15)16/h2-5,7H,6H2,1H3. The lowest BCUT2D eigenvalue weighted by molar-refractivity contribution is -0.274. The van der Waals surface area contributed by atoms with Crippen molar-refractivity contribution >= 4 is 17.3 Å². The first kappa shape index (κ1) is 14.1. The molecule has 2 rings (SSSR count). The lowest BCUT2D eigenvalue weighted by Gasteiger charge is -2.20. The van der Waals surface area contributed by atoms with Gasteiger partial charge >= 0.3 is 6.36 Å². The smallest absolute Gasteiger partial charge is 0.406 e. The summed E-state index contributed by atoms with van der Waals surface area (Å²) in [5.74, 6) is -1.50. The SMILES string of the molecule is CN1C=C(c2ccc(OC(F)(F)F)cc2)CC(=O)C1=O. The highest BCUT2D eigenvalue weighted by molar-refractivity contribution is 6.39. The molecule has 1 aliphatic rings. The summed E-state index contributed by atoms with van der Waals surface area (Å²) in [6.45, 7) is 0. The molecule has 4 nitrogen and oxygen atoms in total. The van der Waals surface area contributed by atoms with Gasteiger partial charge in [0, 0.05) is 19.7 Å². The fourth-order valence-corrected chi connectivity index (χ4v) is 1.83. The van der Waals surface area contributed by atoms with Crippen molar-refractivity contribution in [1.29, 1.82) is 0 Å². The molecule has 0 unspecified atom stereocenters. The number of Topliss-reactive ketones (excluding diaryl/α,β-unsaturated/α-hetero) is 1. The third kappa shape index (κ3) is 3.17. The highest BCUT2D eigenvalue weighted by Gasteiger charge is 2.31. The van der Waals surface area contributed by atoms with Gasteiger partial charge in [-0.1, -0.05) is 12.1 Å². The van der Waals surface area contributed by atoms with Crippen molar-refractivity contribution in [2.24, 2.45) is 0 Å². The Kier molecular flexibility index (Phi) is 3.52. The maximum absolute atomic E-state index is 12.0. The molecule has 0 aliphatic carbocycles. The number of hydrogen-bond donors (Lipinski definition) is 0. The van der Waals surface area contributed by atoms with Crippen molar-refractivity contribution in [1.82, 2.24) is 4.90 Å². The first-order valence-corrected chi connectivity index (χ1v) is 5.63. The summed E-state index contributed by atoms with van der Waals surface area (Å²) in [5, 5.41) is 0. The Morgan fingerprint density at radius 1 is 1.15 bits per heavy atom. The molecule has 0 N–H and O–H groups in total. The summed E-state index contributed by atoms with van der Waals surface area (Å²) >= 11 is 0. The molecular weight excluding hydrogens is 275 g/mol. The van der Waals surface area contributed by atoms with E-state index < -0.39 is 18.1 Å². The Morgan fingerprint density at radius 2 is 1.75 bits per heavy atom. The van der Waals surface area contributed by atoms with E-state index in [0.29, 0.717) is 11.1 Å². The lowest BCUT2D eigenvalue weighted by atomic mass is 9.98. The van der Waals surface area contributed by atoms with Crippen LogP contribution >= 0.6 is 0 Å². The molecule has 1 heterocycles. The van der Waals surface area contributed by atoms with Gasteiger partial charge in [-0.25, -0.2) is 0 Å². The van der Waals surface area contributed by atoms with E-state index in [1.165, 1.54) is 25.4 Å². The highest BCUT2D eigenvalue weighted by atomic mass is 19.4. The van der Waals surface area contributed by atoms with Crippen LogP contribution < -0.4 is 4.74 Å². The van der Waals surface area contributed by atoms with Gasteiger partial charge in [-0.3, -0.25) is 9.59 Å². The molecule has 0 saturated carbocycles. The highest BCUT2D eigenvalue weighted by Crippen LogP contribution is 2.27. The van der Waals surface area contributed by atoms with Gasteiger partial charge in [-0.05, 0) is 23.3 Å². The number of carbonyl (C=O) groups is 2. The van der Waals surface area contributed by atoms with Crippen molar-refractivity contribution in [3.63, 3.8) is 0 Å². The van der Waals surface area contributed by atoms with Gasteiger partial charge in [0.05, 0.1) is 0 Å². The number of alkyl halides is 3. The number of allylic oxidation sites excluding steroid dienone is 1. The molecule has 1 amide bonds. The molecule has 0 aromatic heterocycles. The van der Waals surface area contributed by atoms with Crippen LogP contribution in [0.4, 0.5) is 13.2 Å². The van der Waals surface area contributed by atoms with Crippen molar-refractivity contribution in [3.05, 3.63) is 36.0 Å². The van der Waals surface area contributed by atoms with Crippen molar-refractivity contribution in [2.75, 3.05) is 7.05 Å². The number of rotatable bonds is 2. The van der Waals surface area contributed by atoms with Gasteiger partial charge in [0.2, 0.25) is 5.78 Å². The number of carbonyl (C=O) groups excluding carboxylic acids is 2. The number of ether oxygens (including phenoxy) is 1. The minimum absolute atomic E-state index is 0.0668. The zero-order valence-electron chi connectivity index (χ0n) is 10.4. The van der Waals surface area contributed by atoms with Crippen LogP contribution in [-0.4, -0.2) is 30.0 Å². The first-order valence-electron chi connectivity index (χ1n) is 5.63. The van der Waals surface area contributed by atoms with Crippen LogP contribution in [0.3, 0.4) is 0 Å². The molecular formula is C13H10F3NO3. The summed E-state index contributed by atoms with van der Waals surface area (Å²) < 4.78 is 39.8. The van der Waals surface area contributed by atoms with Crippen LogP contribution in [0.2, 0.25) is 0 Å². The van der Waals surface area contributed by atoms with Crippen molar-refractivity contribution < 1.29 is 27.5 Å². The van der Waals surface area contributed by atoms with Gasteiger partial charge in [0.1, 0.15) is 5.75 Å². The normalized spacial score (nSPS) is 16.2. The zero-order chi connectivity index (χ0) is 14.9. The molecule has 106 valence electrons. The molecule has 0 atom stereocenters. The average Bonchev–Trinajstić information content (AvgIpc) is 2.34. The Labute approximate surface area is 112 Å². The molecule has 7 heteroatoms. The van der Waals surface area contributed by atoms with E-state index in [4.69, 9.17) is 0 Å². The number of benzene rings is 1. The summed E-state index contributed by atoms with van der Waals surface area (Å²) in [4.78, 5) is 23.9. The summed E-state index contributed by atoms with van der Waals surface area (Å²) in [6, 6.07) is 5.13. The Morgan fingerprint density at radius 3 is 2.25 bits per heavy atom. The van der Waals surface area contributed by atoms with Gasteiger partial charge in [-0.15, -0.1) is 13.2 Å². The van der Waals surface area contributed by atoms with E-state index in [0.717, 1.165) is 17.0 Å². The number of nitrogens with zero attached hydrogens (tertiary/aromatic N) is 1. The molecule has 20 heavy (non-hydrogen) atoms. The Bertz CT molecular complexity index is 576. The van der Waals surface area contributed by atoms with Crippen LogP contribution in [0.25, 0.3) is 5.57 Å². The third-order valence-corrected chi connectivity index (χ3v) is 2.72. The monoisotopic (exact) mass is 285 g/mol. The number of halogens is 3. The van der Waals surface area contributed by atoms with Gasteiger partial charge in [-0.2, -0.15) is 0 Å². The molecule has 0 fully saturated rings. The molecule has 1 aromatic rings. The van der Waals surface area contributed by atoms with Crippen molar-refractivity contribution in [2.45, 2.75) is 12.8 Å². The van der Waals surface area contributed by atoms with Crippen LogP contribution in [0.5, 0.6) is 5.75 Å². The predicted molar refractivity (Wildman–Crippen MR) is 63.5 cm³/mol. The number of hydrogen-bond acceptors (Lipinski definition) is 3. The maximum atomic E-state index is 12.0. The molecule has 1 aromatic carbocycles. The topological polar surface area (TPSA) is 46.6 Å². The second-order valence-corrected chi connectivity index (χ2v) is 4.24. The molecule has 0 spiro atoms. The van der Waals surface area contributed by atoms with E-state index in [9.17, 15) is 22.8 Å². The number of likely N-dealkylation sites (N-methyl/N-ethyl adjacent to an activating group) is 1. The van der Waals surface area contributed by atoms with Crippen LogP contribution in [-0.2, 0) is 9.59 Å². The molecule has 0 radical (unpaired) electrons. The molecule has 0 saturated heterocycles. The Hall–Kier alpha value is -2.31.